The molecule has 114 valence electrons. The van der Waals surface area contributed by atoms with Gasteiger partial charge in [0.25, 0.3) is 5.91 Å². The van der Waals surface area contributed by atoms with Gasteiger partial charge in [-0.2, -0.15) is 0 Å². The van der Waals surface area contributed by atoms with E-state index in [9.17, 15) is 14.0 Å². The molecule has 1 amide bonds. The fourth-order valence-electron chi connectivity index (χ4n) is 1.68. The van der Waals surface area contributed by atoms with Gasteiger partial charge in [-0.05, 0) is 24.3 Å². The van der Waals surface area contributed by atoms with Crippen LogP contribution in [0.25, 0.3) is 0 Å². The van der Waals surface area contributed by atoms with E-state index < -0.39 is 24.3 Å². The molecular formula is C15H11ClFNO4. The Labute approximate surface area is 130 Å². The Morgan fingerprint density at radius 3 is 2.64 bits per heavy atom. The Morgan fingerprint density at radius 1 is 1.23 bits per heavy atom. The topological polar surface area (TPSA) is 75.6 Å². The van der Waals surface area contributed by atoms with E-state index in [2.05, 4.69) is 5.32 Å². The number of nitrogens with one attached hydrogen (secondary N) is 1. The smallest absolute Gasteiger partial charge is 0.337 e. The highest BCUT2D eigenvalue weighted by atomic mass is 35.5. The van der Waals surface area contributed by atoms with Crippen LogP contribution in [0.3, 0.4) is 0 Å². The number of carbonyl (C=O) groups excluding carboxylic acids is 1. The molecule has 0 saturated heterocycles. The van der Waals surface area contributed by atoms with Crippen LogP contribution in [0.2, 0.25) is 5.02 Å². The van der Waals surface area contributed by atoms with Crippen LogP contribution in [0.1, 0.15) is 10.4 Å². The Bertz CT molecular complexity index is 720. The van der Waals surface area contributed by atoms with Crippen LogP contribution in [0.15, 0.2) is 42.5 Å². The molecule has 0 radical (unpaired) electrons. The second-order valence-electron chi connectivity index (χ2n) is 4.26. The summed E-state index contributed by atoms with van der Waals surface area (Å²) >= 11 is 5.53. The molecule has 0 aromatic heterocycles. The third-order valence-corrected chi connectivity index (χ3v) is 3.00. The lowest BCUT2D eigenvalue weighted by Crippen LogP contribution is -2.21. The average molecular weight is 324 g/mol. The van der Waals surface area contributed by atoms with Crippen molar-refractivity contribution in [1.29, 1.82) is 0 Å². The van der Waals surface area contributed by atoms with Gasteiger partial charge in [0.1, 0.15) is 11.6 Å². The lowest BCUT2D eigenvalue weighted by molar-refractivity contribution is -0.118. The minimum absolute atomic E-state index is 0.0339. The molecule has 0 aliphatic heterocycles. The second kappa shape index (κ2) is 6.91. The van der Waals surface area contributed by atoms with Gasteiger partial charge in [0, 0.05) is 6.07 Å². The molecule has 0 bridgehead atoms. The zero-order valence-corrected chi connectivity index (χ0v) is 11.9. The molecule has 2 aromatic rings. The predicted molar refractivity (Wildman–Crippen MR) is 78.9 cm³/mol. The summed E-state index contributed by atoms with van der Waals surface area (Å²) in [5.74, 6) is -2.24. The quantitative estimate of drug-likeness (QED) is 0.886. The van der Waals surface area contributed by atoms with Gasteiger partial charge in [0.05, 0.1) is 16.3 Å². The summed E-state index contributed by atoms with van der Waals surface area (Å²) in [5.41, 5.74) is 0.124. The third-order valence-electron chi connectivity index (χ3n) is 2.69. The van der Waals surface area contributed by atoms with E-state index in [1.165, 1.54) is 24.3 Å². The maximum Gasteiger partial charge on any atom is 0.337 e. The summed E-state index contributed by atoms with van der Waals surface area (Å²) in [6.07, 6.45) is 0. The number of carbonyl (C=O) groups is 2. The molecule has 0 heterocycles. The van der Waals surface area contributed by atoms with Gasteiger partial charge in [-0.1, -0.05) is 23.7 Å². The molecule has 0 saturated carbocycles. The van der Waals surface area contributed by atoms with Gasteiger partial charge in [-0.25, -0.2) is 9.18 Å². The highest BCUT2D eigenvalue weighted by Crippen LogP contribution is 2.20. The van der Waals surface area contributed by atoms with Crippen LogP contribution in [0, 0.1) is 5.82 Å². The Kier molecular flexibility index (Phi) is 4.95. The zero-order valence-electron chi connectivity index (χ0n) is 11.2. The minimum atomic E-state index is -1.16. The second-order valence-corrected chi connectivity index (χ2v) is 4.67. The first-order valence-corrected chi connectivity index (χ1v) is 6.55. The Balaban J connectivity index is 1.99. The Hall–Kier alpha value is -2.60. The van der Waals surface area contributed by atoms with Gasteiger partial charge < -0.3 is 15.2 Å². The number of para-hydroxylation sites is 1. The molecule has 2 aromatic carbocycles. The monoisotopic (exact) mass is 323 g/mol. The Morgan fingerprint density at radius 2 is 1.95 bits per heavy atom. The fourth-order valence-corrected chi connectivity index (χ4v) is 1.80. The number of rotatable bonds is 5. The molecule has 0 fully saturated rings. The van der Waals surface area contributed by atoms with Crippen molar-refractivity contribution in [3.8, 4) is 5.75 Å². The molecular weight excluding hydrogens is 313 g/mol. The standard InChI is InChI=1S/C15H11ClFNO4/c16-11-6-5-9(7-12(11)17)22-8-14(19)18-13-4-2-1-3-10(13)15(20)21/h1-7H,8H2,(H,18,19)(H,20,21). The number of carboxylic acids is 1. The number of carboxylic acid groups (broad SMARTS) is 1. The average Bonchev–Trinajstić information content (AvgIpc) is 2.49. The number of benzene rings is 2. The van der Waals surface area contributed by atoms with E-state index in [0.717, 1.165) is 6.07 Å². The highest BCUT2D eigenvalue weighted by molar-refractivity contribution is 6.30. The maximum atomic E-state index is 13.2. The van der Waals surface area contributed by atoms with Crippen molar-refractivity contribution < 1.29 is 23.8 Å². The van der Waals surface area contributed by atoms with Gasteiger partial charge in [0.2, 0.25) is 0 Å². The van der Waals surface area contributed by atoms with Crippen molar-refractivity contribution in [3.63, 3.8) is 0 Å². The van der Waals surface area contributed by atoms with Crippen molar-refractivity contribution in [3.05, 3.63) is 58.9 Å². The number of ether oxygens (including phenoxy) is 1. The molecule has 22 heavy (non-hydrogen) atoms. The summed E-state index contributed by atoms with van der Waals surface area (Å²) in [4.78, 5) is 22.8. The predicted octanol–water partition coefficient (Wildman–Crippen LogP) is 3.19. The normalized spacial score (nSPS) is 10.1. The molecule has 0 spiro atoms. The number of hydrogen-bond donors (Lipinski definition) is 2. The van der Waals surface area contributed by atoms with Crippen molar-refractivity contribution in [1.82, 2.24) is 0 Å². The van der Waals surface area contributed by atoms with Crippen molar-refractivity contribution in [2.75, 3.05) is 11.9 Å². The molecule has 7 heteroatoms. The van der Waals surface area contributed by atoms with Crippen LogP contribution in [-0.4, -0.2) is 23.6 Å². The number of amides is 1. The van der Waals surface area contributed by atoms with Gasteiger partial charge in [-0.3, -0.25) is 4.79 Å². The van der Waals surface area contributed by atoms with Gasteiger partial charge in [-0.15, -0.1) is 0 Å². The molecule has 0 atom stereocenters. The van der Waals surface area contributed by atoms with Crippen LogP contribution in [0.4, 0.5) is 10.1 Å². The van der Waals surface area contributed by atoms with Crippen molar-refractivity contribution >= 4 is 29.2 Å². The lowest BCUT2D eigenvalue weighted by atomic mass is 10.2. The number of aromatic carboxylic acids is 1. The zero-order chi connectivity index (χ0) is 16.1. The van der Waals surface area contributed by atoms with Crippen LogP contribution >= 0.6 is 11.6 Å². The first-order valence-electron chi connectivity index (χ1n) is 6.17. The van der Waals surface area contributed by atoms with E-state index in [1.807, 2.05) is 0 Å². The summed E-state index contributed by atoms with van der Waals surface area (Å²) in [7, 11) is 0. The SMILES string of the molecule is O=C(COc1ccc(Cl)c(F)c1)Nc1ccccc1C(=O)O. The van der Waals surface area contributed by atoms with E-state index in [0.29, 0.717) is 0 Å². The summed E-state index contributed by atoms with van der Waals surface area (Å²) in [6.45, 7) is -0.394. The number of halogens is 2. The molecule has 0 unspecified atom stereocenters. The van der Waals surface area contributed by atoms with Crippen LogP contribution < -0.4 is 10.1 Å². The van der Waals surface area contributed by atoms with Crippen LogP contribution in [0.5, 0.6) is 5.75 Å². The van der Waals surface area contributed by atoms with E-state index in [4.69, 9.17) is 21.4 Å². The number of hydrogen-bond acceptors (Lipinski definition) is 3. The molecule has 2 N–H and O–H groups in total. The highest BCUT2D eigenvalue weighted by Gasteiger charge is 2.12. The van der Waals surface area contributed by atoms with Crippen LogP contribution in [-0.2, 0) is 4.79 Å². The lowest BCUT2D eigenvalue weighted by Gasteiger charge is -2.09. The molecule has 0 aliphatic carbocycles. The summed E-state index contributed by atoms with van der Waals surface area (Å²) < 4.78 is 18.3. The first kappa shape index (κ1) is 15.8. The maximum absolute atomic E-state index is 13.2. The summed E-state index contributed by atoms with van der Waals surface area (Å²) in [6, 6.07) is 9.76. The van der Waals surface area contributed by atoms with Crippen molar-refractivity contribution in [2.45, 2.75) is 0 Å². The van der Waals surface area contributed by atoms with Gasteiger partial charge in [0.15, 0.2) is 6.61 Å². The molecule has 0 aliphatic rings. The first-order chi connectivity index (χ1) is 10.5. The van der Waals surface area contributed by atoms with E-state index >= 15 is 0 Å². The minimum Gasteiger partial charge on any atom is -0.484 e. The summed E-state index contributed by atoms with van der Waals surface area (Å²) in [5, 5.41) is 11.4. The largest absolute Gasteiger partial charge is 0.484 e. The number of anilines is 1. The van der Waals surface area contributed by atoms with Crippen molar-refractivity contribution in [2.24, 2.45) is 0 Å². The fraction of sp³-hybridized carbons (Fsp3) is 0.0667. The molecule has 5 nitrogen and oxygen atoms in total. The van der Waals surface area contributed by atoms with E-state index in [1.54, 1.807) is 12.1 Å². The third kappa shape index (κ3) is 3.95. The molecule has 2 rings (SSSR count). The van der Waals surface area contributed by atoms with Gasteiger partial charge >= 0.3 is 5.97 Å². The van der Waals surface area contributed by atoms with E-state index in [-0.39, 0.29) is 22.0 Å².